The highest BCUT2D eigenvalue weighted by Crippen LogP contribution is 2.27. The van der Waals surface area contributed by atoms with Gasteiger partial charge < -0.3 is 9.84 Å². The van der Waals surface area contributed by atoms with E-state index in [1.165, 1.54) is 6.07 Å². The highest BCUT2D eigenvalue weighted by atomic mass is 16.5. The Bertz CT molecular complexity index is 585. The van der Waals surface area contributed by atoms with Gasteiger partial charge in [-0.15, -0.1) is 0 Å². The average molecular weight is 225 g/mol. The summed E-state index contributed by atoms with van der Waals surface area (Å²) in [7, 11) is 1.61. The lowest BCUT2D eigenvalue weighted by Gasteiger charge is -2.05. The van der Waals surface area contributed by atoms with Gasteiger partial charge in [-0.1, -0.05) is 18.2 Å². The second-order valence-corrected chi connectivity index (χ2v) is 3.58. The Morgan fingerprint density at radius 2 is 1.88 bits per heavy atom. The van der Waals surface area contributed by atoms with Crippen LogP contribution in [0.3, 0.4) is 0 Å². The first-order valence-electron chi connectivity index (χ1n) is 5.12. The summed E-state index contributed by atoms with van der Waals surface area (Å²) in [5, 5.41) is 18.3. The van der Waals surface area contributed by atoms with Crippen LogP contribution in [0.5, 0.6) is 11.5 Å². The van der Waals surface area contributed by atoms with Crippen molar-refractivity contribution in [2.75, 3.05) is 7.11 Å². The third-order valence-corrected chi connectivity index (χ3v) is 2.52. The van der Waals surface area contributed by atoms with Crippen LogP contribution in [0.1, 0.15) is 5.56 Å². The maximum atomic E-state index is 9.44. The summed E-state index contributed by atoms with van der Waals surface area (Å²) in [6.07, 6.45) is 0. The second-order valence-electron chi connectivity index (χ2n) is 3.58. The van der Waals surface area contributed by atoms with Crippen LogP contribution in [-0.4, -0.2) is 12.2 Å². The standard InChI is InChI=1S/C14H11NO2/c1-17-13-4-2-3-10(8-13)11-5-6-14(16)12(7-11)9-15/h2-8,16H,1H3. The van der Waals surface area contributed by atoms with E-state index in [9.17, 15) is 5.11 Å². The van der Waals surface area contributed by atoms with Crippen LogP contribution in [0, 0.1) is 11.3 Å². The van der Waals surface area contributed by atoms with E-state index in [1.807, 2.05) is 30.3 Å². The predicted molar refractivity (Wildman–Crippen MR) is 64.8 cm³/mol. The third-order valence-electron chi connectivity index (χ3n) is 2.52. The zero-order chi connectivity index (χ0) is 12.3. The van der Waals surface area contributed by atoms with Gasteiger partial charge in [0, 0.05) is 0 Å². The Morgan fingerprint density at radius 3 is 2.59 bits per heavy atom. The molecule has 0 unspecified atom stereocenters. The largest absolute Gasteiger partial charge is 0.507 e. The smallest absolute Gasteiger partial charge is 0.133 e. The zero-order valence-corrected chi connectivity index (χ0v) is 9.34. The van der Waals surface area contributed by atoms with E-state index >= 15 is 0 Å². The molecule has 0 aliphatic rings. The van der Waals surface area contributed by atoms with Crippen molar-refractivity contribution in [2.24, 2.45) is 0 Å². The van der Waals surface area contributed by atoms with Crippen molar-refractivity contribution in [1.29, 1.82) is 5.26 Å². The first kappa shape index (κ1) is 11.0. The lowest BCUT2D eigenvalue weighted by Crippen LogP contribution is -1.85. The van der Waals surface area contributed by atoms with Crippen LogP contribution in [0.25, 0.3) is 11.1 Å². The fourth-order valence-electron chi connectivity index (χ4n) is 1.61. The Morgan fingerprint density at radius 1 is 1.12 bits per heavy atom. The number of nitrogens with zero attached hydrogens (tertiary/aromatic N) is 1. The normalized spacial score (nSPS) is 9.65. The SMILES string of the molecule is COc1cccc(-c2ccc(O)c(C#N)c2)c1. The molecule has 0 aromatic heterocycles. The Balaban J connectivity index is 2.49. The van der Waals surface area contributed by atoms with Crippen molar-refractivity contribution in [3.05, 3.63) is 48.0 Å². The van der Waals surface area contributed by atoms with E-state index in [-0.39, 0.29) is 11.3 Å². The number of aromatic hydroxyl groups is 1. The lowest BCUT2D eigenvalue weighted by molar-refractivity contribution is 0.415. The summed E-state index contributed by atoms with van der Waals surface area (Å²) in [6.45, 7) is 0. The van der Waals surface area contributed by atoms with Gasteiger partial charge in [-0.2, -0.15) is 5.26 Å². The van der Waals surface area contributed by atoms with E-state index in [0.717, 1.165) is 16.9 Å². The molecule has 2 aromatic rings. The van der Waals surface area contributed by atoms with Gasteiger partial charge in [0.1, 0.15) is 17.6 Å². The van der Waals surface area contributed by atoms with Crippen molar-refractivity contribution in [2.45, 2.75) is 0 Å². The fourth-order valence-corrected chi connectivity index (χ4v) is 1.61. The number of hydrogen-bond donors (Lipinski definition) is 1. The highest BCUT2D eigenvalue weighted by Gasteiger charge is 2.04. The monoisotopic (exact) mass is 225 g/mol. The zero-order valence-electron chi connectivity index (χ0n) is 9.34. The summed E-state index contributed by atoms with van der Waals surface area (Å²) < 4.78 is 5.14. The quantitative estimate of drug-likeness (QED) is 0.854. The predicted octanol–water partition coefficient (Wildman–Crippen LogP) is 2.94. The summed E-state index contributed by atoms with van der Waals surface area (Å²) in [4.78, 5) is 0. The third kappa shape index (κ3) is 2.21. The molecule has 1 N–H and O–H groups in total. The molecule has 0 aliphatic carbocycles. The Labute approximate surface area is 99.5 Å². The molecule has 0 heterocycles. The molecule has 0 atom stereocenters. The Hall–Kier alpha value is -2.47. The molecule has 0 bridgehead atoms. The molecule has 0 fully saturated rings. The van der Waals surface area contributed by atoms with Gasteiger partial charge in [0.25, 0.3) is 0 Å². The average Bonchev–Trinajstić information content (AvgIpc) is 2.39. The van der Waals surface area contributed by atoms with Crippen LogP contribution < -0.4 is 4.74 Å². The number of hydrogen-bond acceptors (Lipinski definition) is 3. The van der Waals surface area contributed by atoms with E-state index in [4.69, 9.17) is 10.00 Å². The number of phenols is 1. The first-order chi connectivity index (χ1) is 8.24. The van der Waals surface area contributed by atoms with Gasteiger partial charge in [0.15, 0.2) is 0 Å². The topological polar surface area (TPSA) is 53.2 Å². The summed E-state index contributed by atoms with van der Waals surface area (Å²) in [5.74, 6) is 0.758. The number of phenolic OH excluding ortho intramolecular Hbond substituents is 1. The molecule has 0 amide bonds. The van der Waals surface area contributed by atoms with Gasteiger partial charge in [-0.25, -0.2) is 0 Å². The summed E-state index contributed by atoms with van der Waals surface area (Å²) in [5.41, 5.74) is 2.09. The van der Waals surface area contributed by atoms with E-state index in [0.29, 0.717) is 0 Å². The van der Waals surface area contributed by atoms with Crippen LogP contribution in [-0.2, 0) is 0 Å². The number of methoxy groups -OCH3 is 1. The molecule has 3 nitrogen and oxygen atoms in total. The molecule has 0 saturated heterocycles. The molecule has 0 spiro atoms. The molecular formula is C14H11NO2. The number of ether oxygens (including phenoxy) is 1. The lowest BCUT2D eigenvalue weighted by atomic mass is 10.0. The van der Waals surface area contributed by atoms with Crippen molar-refractivity contribution in [1.82, 2.24) is 0 Å². The molecule has 3 heteroatoms. The maximum Gasteiger partial charge on any atom is 0.133 e. The van der Waals surface area contributed by atoms with Crippen molar-refractivity contribution in [3.8, 4) is 28.7 Å². The molecule has 0 radical (unpaired) electrons. The molecule has 0 aliphatic heterocycles. The van der Waals surface area contributed by atoms with Gasteiger partial charge in [-0.05, 0) is 35.4 Å². The van der Waals surface area contributed by atoms with Gasteiger partial charge >= 0.3 is 0 Å². The fraction of sp³-hybridized carbons (Fsp3) is 0.0714. The number of nitriles is 1. The van der Waals surface area contributed by atoms with Crippen molar-refractivity contribution < 1.29 is 9.84 Å². The van der Waals surface area contributed by atoms with Gasteiger partial charge in [0.2, 0.25) is 0 Å². The van der Waals surface area contributed by atoms with Crippen molar-refractivity contribution >= 4 is 0 Å². The number of benzene rings is 2. The minimum atomic E-state index is -0.000791. The first-order valence-corrected chi connectivity index (χ1v) is 5.12. The molecular weight excluding hydrogens is 214 g/mol. The summed E-state index contributed by atoms with van der Waals surface area (Å²) >= 11 is 0. The second kappa shape index (κ2) is 4.58. The minimum Gasteiger partial charge on any atom is -0.507 e. The van der Waals surface area contributed by atoms with Gasteiger partial charge in [-0.3, -0.25) is 0 Å². The molecule has 2 rings (SSSR count). The number of rotatable bonds is 2. The maximum absolute atomic E-state index is 9.44. The molecule has 2 aromatic carbocycles. The molecule has 17 heavy (non-hydrogen) atoms. The summed E-state index contributed by atoms with van der Waals surface area (Å²) in [6, 6.07) is 14.4. The molecule has 0 saturated carbocycles. The van der Waals surface area contributed by atoms with E-state index in [2.05, 4.69) is 0 Å². The Kier molecular flexibility index (Phi) is 2.97. The highest BCUT2D eigenvalue weighted by molar-refractivity contribution is 5.68. The van der Waals surface area contributed by atoms with Crippen LogP contribution in [0.2, 0.25) is 0 Å². The van der Waals surface area contributed by atoms with E-state index < -0.39 is 0 Å². The molecule has 84 valence electrons. The van der Waals surface area contributed by atoms with Gasteiger partial charge in [0.05, 0.1) is 12.7 Å². The van der Waals surface area contributed by atoms with Crippen LogP contribution in [0.15, 0.2) is 42.5 Å². The van der Waals surface area contributed by atoms with Crippen LogP contribution >= 0.6 is 0 Å². The minimum absolute atomic E-state index is 0.000791. The van der Waals surface area contributed by atoms with E-state index in [1.54, 1.807) is 19.2 Å². The van der Waals surface area contributed by atoms with Crippen LogP contribution in [0.4, 0.5) is 0 Å². The van der Waals surface area contributed by atoms with Crippen molar-refractivity contribution in [3.63, 3.8) is 0 Å².